The van der Waals surface area contributed by atoms with Crippen molar-refractivity contribution in [3.8, 4) is 0 Å². The summed E-state index contributed by atoms with van der Waals surface area (Å²) in [5, 5.41) is 21.3. The van der Waals surface area contributed by atoms with Crippen molar-refractivity contribution in [1.82, 2.24) is 20.3 Å². The Morgan fingerprint density at radius 3 is 2.26 bits per heavy atom. The van der Waals surface area contributed by atoms with Gasteiger partial charge in [0.15, 0.2) is 0 Å². The van der Waals surface area contributed by atoms with Gasteiger partial charge in [0.25, 0.3) is 5.91 Å². The third kappa shape index (κ3) is 10.6. The average Bonchev–Trinajstić information content (AvgIpc) is 2.94. The SMILES string of the molecule is NCCOCCOCCNC(=O)c1cccc(Nc2nc(NCCO)nc(NCCc3ccccc3)n2)c1. The summed E-state index contributed by atoms with van der Waals surface area (Å²) in [5.74, 6) is 0.786. The molecule has 12 nitrogen and oxygen atoms in total. The van der Waals surface area contributed by atoms with Gasteiger partial charge >= 0.3 is 0 Å². The predicted octanol–water partition coefficient (Wildman–Crippen LogP) is 1.40. The number of ether oxygens (including phenoxy) is 2. The maximum atomic E-state index is 12.6. The summed E-state index contributed by atoms with van der Waals surface area (Å²) in [5.41, 5.74) is 7.68. The van der Waals surface area contributed by atoms with Crippen molar-refractivity contribution in [2.45, 2.75) is 6.42 Å². The second-order valence-corrected chi connectivity index (χ2v) is 8.09. The third-order valence-corrected chi connectivity index (χ3v) is 5.12. The fourth-order valence-corrected chi connectivity index (χ4v) is 3.33. The molecule has 0 aliphatic carbocycles. The van der Waals surface area contributed by atoms with E-state index in [-0.39, 0.29) is 12.5 Å². The molecule has 1 amide bonds. The fourth-order valence-electron chi connectivity index (χ4n) is 3.33. The van der Waals surface area contributed by atoms with Gasteiger partial charge in [0.1, 0.15) is 0 Å². The Balaban J connectivity index is 1.55. The molecule has 38 heavy (non-hydrogen) atoms. The Bertz CT molecular complexity index is 1100. The molecule has 0 aliphatic heterocycles. The number of anilines is 4. The van der Waals surface area contributed by atoms with Crippen LogP contribution in [0.4, 0.5) is 23.5 Å². The number of hydrogen-bond acceptors (Lipinski definition) is 11. The summed E-state index contributed by atoms with van der Waals surface area (Å²) in [6.45, 7) is 3.52. The van der Waals surface area contributed by atoms with Crippen molar-refractivity contribution < 1.29 is 19.4 Å². The van der Waals surface area contributed by atoms with E-state index in [1.807, 2.05) is 24.3 Å². The Hall–Kier alpha value is -3.84. The van der Waals surface area contributed by atoms with Gasteiger partial charge < -0.3 is 41.6 Å². The highest BCUT2D eigenvalue weighted by atomic mass is 16.5. The molecule has 0 bridgehead atoms. The molecule has 12 heteroatoms. The molecule has 3 aromatic rings. The van der Waals surface area contributed by atoms with Gasteiger partial charge in [-0.05, 0) is 30.2 Å². The Kier molecular flexibility index (Phi) is 12.7. The first-order valence-corrected chi connectivity index (χ1v) is 12.6. The van der Waals surface area contributed by atoms with Gasteiger partial charge in [0, 0.05) is 37.4 Å². The van der Waals surface area contributed by atoms with Crippen LogP contribution in [0, 0.1) is 0 Å². The lowest BCUT2D eigenvalue weighted by Gasteiger charge is -2.12. The van der Waals surface area contributed by atoms with Crippen molar-refractivity contribution in [3.63, 3.8) is 0 Å². The van der Waals surface area contributed by atoms with E-state index in [9.17, 15) is 4.79 Å². The van der Waals surface area contributed by atoms with E-state index in [0.717, 1.165) is 6.42 Å². The highest BCUT2D eigenvalue weighted by molar-refractivity contribution is 5.95. The minimum absolute atomic E-state index is 0.0600. The first-order valence-electron chi connectivity index (χ1n) is 12.6. The number of benzene rings is 2. The van der Waals surface area contributed by atoms with E-state index in [4.69, 9.17) is 20.3 Å². The zero-order valence-corrected chi connectivity index (χ0v) is 21.4. The maximum absolute atomic E-state index is 12.6. The van der Waals surface area contributed by atoms with Gasteiger partial charge in [-0.25, -0.2) is 0 Å². The van der Waals surface area contributed by atoms with Crippen LogP contribution in [0.3, 0.4) is 0 Å². The molecule has 0 radical (unpaired) electrons. The fraction of sp³-hybridized carbons (Fsp3) is 0.385. The highest BCUT2D eigenvalue weighted by Crippen LogP contribution is 2.17. The van der Waals surface area contributed by atoms with Gasteiger partial charge in [0.05, 0.1) is 33.0 Å². The summed E-state index contributed by atoms with van der Waals surface area (Å²) < 4.78 is 10.7. The van der Waals surface area contributed by atoms with Gasteiger partial charge in [-0.15, -0.1) is 0 Å². The lowest BCUT2D eigenvalue weighted by atomic mass is 10.1. The number of nitrogens with zero attached hydrogens (tertiary/aromatic N) is 3. The predicted molar refractivity (Wildman–Crippen MR) is 147 cm³/mol. The van der Waals surface area contributed by atoms with E-state index in [1.54, 1.807) is 18.2 Å². The maximum Gasteiger partial charge on any atom is 0.251 e. The van der Waals surface area contributed by atoms with Crippen LogP contribution in [0.5, 0.6) is 0 Å². The largest absolute Gasteiger partial charge is 0.395 e. The number of rotatable bonds is 18. The number of amides is 1. The minimum atomic E-state index is -0.221. The summed E-state index contributed by atoms with van der Waals surface area (Å²) in [4.78, 5) is 25.8. The Morgan fingerprint density at radius 2 is 1.53 bits per heavy atom. The van der Waals surface area contributed by atoms with Gasteiger partial charge in [-0.1, -0.05) is 36.4 Å². The van der Waals surface area contributed by atoms with E-state index in [1.165, 1.54) is 5.56 Å². The van der Waals surface area contributed by atoms with Crippen LogP contribution in [-0.2, 0) is 15.9 Å². The monoisotopic (exact) mass is 524 g/mol. The number of aromatic nitrogens is 3. The number of carbonyl (C=O) groups is 1. The summed E-state index contributed by atoms with van der Waals surface area (Å²) >= 11 is 0. The van der Waals surface area contributed by atoms with Crippen molar-refractivity contribution in [3.05, 3.63) is 65.7 Å². The highest BCUT2D eigenvalue weighted by Gasteiger charge is 2.10. The van der Waals surface area contributed by atoms with E-state index in [2.05, 4.69) is 48.4 Å². The van der Waals surface area contributed by atoms with Crippen LogP contribution in [0.1, 0.15) is 15.9 Å². The van der Waals surface area contributed by atoms with Crippen LogP contribution < -0.4 is 27.0 Å². The zero-order valence-electron chi connectivity index (χ0n) is 21.4. The third-order valence-electron chi connectivity index (χ3n) is 5.12. The zero-order chi connectivity index (χ0) is 26.8. The molecule has 1 aromatic heterocycles. The molecule has 0 atom stereocenters. The topological polar surface area (TPSA) is 169 Å². The summed E-state index contributed by atoms with van der Waals surface area (Å²) in [7, 11) is 0. The van der Waals surface area contributed by atoms with Crippen LogP contribution >= 0.6 is 0 Å². The molecule has 0 unspecified atom stereocenters. The molecule has 204 valence electrons. The van der Waals surface area contributed by atoms with Crippen LogP contribution in [0.2, 0.25) is 0 Å². The molecular weight excluding hydrogens is 488 g/mol. The van der Waals surface area contributed by atoms with Crippen LogP contribution in [-0.4, -0.2) is 85.2 Å². The molecule has 3 rings (SSSR count). The van der Waals surface area contributed by atoms with Gasteiger partial charge in [-0.2, -0.15) is 15.0 Å². The first-order chi connectivity index (χ1) is 18.7. The van der Waals surface area contributed by atoms with Crippen LogP contribution in [0.25, 0.3) is 0 Å². The number of nitrogens with one attached hydrogen (secondary N) is 4. The molecule has 0 spiro atoms. The Morgan fingerprint density at radius 1 is 0.816 bits per heavy atom. The lowest BCUT2D eigenvalue weighted by Crippen LogP contribution is -2.27. The number of aliphatic hydroxyl groups excluding tert-OH is 1. The van der Waals surface area contributed by atoms with Gasteiger partial charge in [-0.3, -0.25) is 4.79 Å². The van der Waals surface area contributed by atoms with E-state index >= 15 is 0 Å². The molecule has 0 saturated heterocycles. The van der Waals surface area contributed by atoms with Gasteiger partial charge in [0.2, 0.25) is 17.8 Å². The molecule has 2 aromatic carbocycles. The quantitative estimate of drug-likeness (QED) is 0.133. The average molecular weight is 525 g/mol. The van der Waals surface area contributed by atoms with Crippen molar-refractivity contribution >= 4 is 29.4 Å². The molecule has 0 aliphatic rings. The second kappa shape index (κ2) is 16.8. The van der Waals surface area contributed by atoms with Crippen molar-refractivity contribution in [2.75, 3.05) is 75.2 Å². The number of aliphatic hydroxyl groups is 1. The first kappa shape index (κ1) is 28.7. The Labute approximate surface area is 222 Å². The van der Waals surface area contributed by atoms with E-state index in [0.29, 0.717) is 81.7 Å². The summed E-state index contributed by atoms with van der Waals surface area (Å²) in [6, 6.07) is 17.1. The van der Waals surface area contributed by atoms with Crippen molar-refractivity contribution in [1.29, 1.82) is 0 Å². The second-order valence-electron chi connectivity index (χ2n) is 8.09. The molecule has 7 N–H and O–H groups in total. The molecule has 1 heterocycles. The molecular formula is C26H36N8O4. The van der Waals surface area contributed by atoms with E-state index < -0.39 is 0 Å². The van der Waals surface area contributed by atoms with Crippen LogP contribution in [0.15, 0.2) is 54.6 Å². The minimum Gasteiger partial charge on any atom is -0.395 e. The smallest absolute Gasteiger partial charge is 0.251 e. The standard InChI is InChI=1S/C26H36N8O4/c27-10-15-37-17-18-38-16-13-28-23(36)21-7-4-8-22(19-21)31-26-33-24(32-25(34-26)30-12-14-35)29-11-9-20-5-2-1-3-6-20/h1-8,19,35H,9-18,27H2,(H,28,36)(H3,29,30,31,32,33,34). The number of hydrogen-bond donors (Lipinski definition) is 6. The van der Waals surface area contributed by atoms with Crippen molar-refractivity contribution in [2.24, 2.45) is 5.73 Å². The molecule has 0 saturated carbocycles. The summed E-state index contributed by atoms with van der Waals surface area (Å²) in [6.07, 6.45) is 0.805. The lowest BCUT2D eigenvalue weighted by molar-refractivity contribution is 0.0511. The number of nitrogens with two attached hydrogens (primary N) is 1. The number of carbonyl (C=O) groups excluding carboxylic acids is 1. The molecule has 0 fully saturated rings. The normalized spacial score (nSPS) is 10.7.